The van der Waals surface area contributed by atoms with E-state index >= 15 is 0 Å². The van der Waals surface area contributed by atoms with Gasteiger partial charge in [0.05, 0.1) is 22.4 Å². The molecular weight excluding hydrogens is 616 g/mol. The normalized spacial score (nSPS) is 13.5. The highest BCUT2D eigenvalue weighted by Gasteiger charge is 2.36. The fourth-order valence-electron chi connectivity index (χ4n) is 8.97. The molecule has 5 aromatic carbocycles. The summed E-state index contributed by atoms with van der Waals surface area (Å²) in [7, 11) is 20.3. The smallest absolute Gasteiger partial charge is 0.160 e. The summed E-state index contributed by atoms with van der Waals surface area (Å²) in [4.78, 5) is 12.3. The number of aromatic nitrogens is 3. The van der Waals surface area contributed by atoms with Crippen LogP contribution < -0.4 is 49.2 Å². The Bertz CT molecular complexity index is 2830. The Hall–Kier alpha value is -4.22. The first-order valence-corrected chi connectivity index (χ1v) is 18.6. The highest BCUT2D eigenvalue weighted by atomic mass is 32.1. The Morgan fingerprint density at radius 1 is 0.600 bits per heavy atom. The first-order valence-electron chi connectivity index (χ1n) is 17.8. The zero-order valence-electron chi connectivity index (χ0n) is 31.0. The van der Waals surface area contributed by atoms with Gasteiger partial charge in [-0.25, -0.2) is 9.97 Å². The van der Waals surface area contributed by atoms with Gasteiger partial charge in [0.1, 0.15) is 75.4 Å². The molecule has 0 unspecified atom stereocenters. The first-order chi connectivity index (χ1) is 23.8. The fraction of sp³-hybridized carbons (Fsp3) is 0.0811. The highest BCUT2D eigenvalue weighted by Crippen LogP contribution is 2.51. The van der Waals surface area contributed by atoms with E-state index in [1.54, 1.807) is 0 Å². The zero-order chi connectivity index (χ0) is 35.1. The summed E-state index contributed by atoms with van der Waals surface area (Å²) in [6.45, 7) is 4.76. The Morgan fingerprint density at radius 3 is 1.98 bits per heavy atom. The molecule has 0 atom stereocenters. The third-order valence-corrected chi connectivity index (χ3v) is 13.9. The Kier molecular flexibility index (Phi) is 6.76. The van der Waals surface area contributed by atoms with Crippen molar-refractivity contribution in [3.63, 3.8) is 0 Å². The molecule has 230 valence electrons. The lowest BCUT2D eigenvalue weighted by atomic mass is 9.59. The minimum Gasteiger partial charge on any atom is -0.300 e. The van der Waals surface area contributed by atoms with Gasteiger partial charge in [-0.3, -0.25) is 0 Å². The quantitative estimate of drug-likeness (QED) is 0.175. The maximum Gasteiger partial charge on any atom is 0.160 e. The van der Waals surface area contributed by atoms with E-state index in [1.165, 1.54) is 108 Å². The third kappa shape index (κ3) is 3.99. The molecule has 0 amide bonds. The van der Waals surface area contributed by atoms with E-state index < -0.39 is 0 Å². The number of nitrogens with zero attached hydrogens (tertiary/aromatic N) is 3. The lowest BCUT2D eigenvalue weighted by molar-refractivity contribution is 0.630. The molecule has 0 aliphatic carbocycles. The molecule has 0 spiro atoms. The van der Waals surface area contributed by atoms with Gasteiger partial charge in [-0.05, 0) is 41.0 Å². The summed E-state index contributed by atoms with van der Waals surface area (Å²) in [5, 5.41) is 5.22. The first kappa shape index (κ1) is 31.7. The third-order valence-electron chi connectivity index (χ3n) is 12.7. The molecule has 4 heterocycles. The maximum absolute atomic E-state index is 5.58. The van der Waals surface area contributed by atoms with Gasteiger partial charge in [-0.1, -0.05) is 77.6 Å². The predicted molar refractivity (Wildman–Crippen MR) is 246 cm³/mol. The zero-order valence-corrected chi connectivity index (χ0v) is 31.8. The summed E-state index contributed by atoms with van der Waals surface area (Å²) in [5.41, 5.74) is 21.2. The summed E-state index contributed by atoms with van der Waals surface area (Å²) in [5.74, 6) is 0.787. The molecule has 50 heavy (non-hydrogen) atoms. The van der Waals surface area contributed by atoms with Crippen molar-refractivity contribution in [2.45, 2.75) is 19.3 Å². The number of fused-ring (bicyclic) bond motifs is 8. The van der Waals surface area contributed by atoms with Crippen molar-refractivity contribution in [1.82, 2.24) is 14.5 Å². The van der Waals surface area contributed by atoms with E-state index in [1.807, 2.05) is 11.3 Å². The predicted octanol–water partition coefficient (Wildman–Crippen LogP) is -5.76. The van der Waals surface area contributed by atoms with Crippen molar-refractivity contribution in [3.05, 3.63) is 71.8 Å². The molecule has 0 N–H and O–H groups in total. The van der Waals surface area contributed by atoms with E-state index in [9.17, 15) is 0 Å². The molecule has 0 radical (unpaired) electrons. The maximum atomic E-state index is 5.58. The number of hydrogen-bond acceptors (Lipinski definition) is 3. The summed E-state index contributed by atoms with van der Waals surface area (Å²) in [6, 6.07) is 22.7. The van der Waals surface area contributed by atoms with Gasteiger partial charge >= 0.3 is 0 Å². The highest BCUT2D eigenvalue weighted by molar-refractivity contribution is 7.25. The molecule has 0 fully saturated rings. The Labute approximate surface area is 305 Å². The van der Waals surface area contributed by atoms with Gasteiger partial charge in [0.15, 0.2) is 5.82 Å². The average molecular weight is 650 g/mol. The van der Waals surface area contributed by atoms with Crippen LogP contribution in [-0.4, -0.2) is 85.2 Å². The number of rotatable bonds is 2. The van der Waals surface area contributed by atoms with Crippen LogP contribution >= 0.6 is 11.3 Å². The molecule has 0 saturated heterocycles. The molecular formula is C37H34B9N3S. The molecule has 13 heteroatoms. The van der Waals surface area contributed by atoms with Crippen LogP contribution in [0.1, 0.15) is 25.0 Å². The lowest BCUT2D eigenvalue weighted by Crippen LogP contribution is -2.55. The molecule has 9 rings (SSSR count). The second-order valence-electron chi connectivity index (χ2n) is 15.3. The Morgan fingerprint density at radius 2 is 1.24 bits per heavy atom. The average Bonchev–Trinajstić information content (AvgIpc) is 3.65. The van der Waals surface area contributed by atoms with Crippen LogP contribution in [0.5, 0.6) is 0 Å². The van der Waals surface area contributed by atoms with Gasteiger partial charge in [0.25, 0.3) is 0 Å². The number of benzene rings is 5. The van der Waals surface area contributed by atoms with E-state index in [0.29, 0.717) is 0 Å². The topological polar surface area (TPSA) is 30.7 Å². The summed E-state index contributed by atoms with van der Waals surface area (Å²) >= 11 is 1.90. The van der Waals surface area contributed by atoms with Crippen molar-refractivity contribution >= 4 is 173 Å². The van der Waals surface area contributed by atoms with E-state index in [4.69, 9.17) is 9.97 Å². The largest absolute Gasteiger partial charge is 0.300 e. The second kappa shape index (κ2) is 10.7. The minimum absolute atomic E-state index is 0.213. The SMILES string of the molecule is Bc1c(B)c(B)c(-c2nc(-c3ccc4c(c3)C(C)(C)c3cccc5c6c7ccccc7sc6n-4c35)nc3c(B)c(B)c(B)c(B)c23)c(B)c1B. The molecule has 3 nitrogen and oxygen atoms in total. The van der Waals surface area contributed by atoms with Crippen LogP contribution in [-0.2, 0) is 5.41 Å². The van der Waals surface area contributed by atoms with Crippen molar-refractivity contribution in [1.29, 1.82) is 0 Å². The molecule has 0 saturated carbocycles. The van der Waals surface area contributed by atoms with Gasteiger partial charge in [-0.2, -0.15) is 0 Å². The molecule has 0 bridgehead atoms. The van der Waals surface area contributed by atoms with Crippen molar-refractivity contribution < 1.29 is 0 Å². The molecule has 1 aliphatic heterocycles. The van der Waals surface area contributed by atoms with Gasteiger partial charge in [0.2, 0.25) is 0 Å². The summed E-state index contributed by atoms with van der Waals surface area (Å²) < 4.78 is 3.86. The van der Waals surface area contributed by atoms with Crippen molar-refractivity contribution in [2.75, 3.05) is 0 Å². The van der Waals surface area contributed by atoms with Crippen LogP contribution in [0.2, 0.25) is 0 Å². The monoisotopic (exact) mass is 651 g/mol. The van der Waals surface area contributed by atoms with Gasteiger partial charge < -0.3 is 4.57 Å². The number of hydrogen-bond donors (Lipinski definition) is 0. The lowest BCUT2D eigenvalue weighted by Gasteiger charge is -2.35. The van der Waals surface area contributed by atoms with Crippen molar-refractivity contribution in [3.8, 4) is 28.3 Å². The molecule has 8 aromatic rings. The number of para-hydroxylation sites is 1. The molecule has 3 aromatic heterocycles. The van der Waals surface area contributed by atoms with Crippen LogP contribution in [0.3, 0.4) is 0 Å². The van der Waals surface area contributed by atoms with E-state index in [0.717, 1.165) is 22.6 Å². The molecule has 1 aliphatic rings. The Balaban J connectivity index is 1.36. The van der Waals surface area contributed by atoms with Crippen LogP contribution in [0, 0.1) is 0 Å². The minimum atomic E-state index is -0.213. The van der Waals surface area contributed by atoms with E-state index in [2.05, 4.69) is 150 Å². The van der Waals surface area contributed by atoms with Gasteiger partial charge in [0, 0.05) is 37.2 Å². The summed E-state index contributed by atoms with van der Waals surface area (Å²) in [6.07, 6.45) is 0. The second-order valence-corrected chi connectivity index (χ2v) is 16.3. The van der Waals surface area contributed by atoms with Gasteiger partial charge in [-0.15, -0.1) is 33.2 Å². The standard InChI is InChI=1S/C37H34B9N3S/c1-37(2)16-8-5-7-15-20-14-6-3-4-9-19(14)50-36(20)49(34(15)16)18-11-10-13(12-17(18)37)35-47-32(21-23(38)26(41)29(44)27(42)24(21)39)22-25(40)28(43)30(45)31(46)33(22)48-35/h3-12H,38-46H2,1-2H3. The van der Waals surface area contributed by atoms with Crippen LogP contribution in [0.4, 0.5) is 0 Å². The van der Waals surface area contributed by atoms with E-state index in [-0.39, 0.29) is 5.41 Å². The van der Waals surface area contributed by atoms with Crippen LogP contribution in [0.25, 0.3) is 70.4 Å². The number of thiophene rings is 1. The fourth-order valence-corrected chi connectivity index (χ4v) is 10.2. The van der Waals surface area contributed by atoms with Crippen molar-refractivity contribution in [2.24, 2.45) is 0 Å². The van der Waals surface area contributed by atoms with Crippen LogP contribution in [0.15, 0.2) is 60.7 Å².